The van der Waals surface area contributed by atoms with Crippen LogP contribution in [0.1, 0.15) is 29.4 Å². The summed E-state index contributed by atoms with van der Waals surface area (Å²) < 4.78 is 16.0. The van der Waals surface area contributed by atoms with Crippen LogP contribution in [0.15, 0.2) is 33.5 Å². The number of amides is 1. The SMILES string of the molecule is COc1ccc(C(CC(=O)N2CCOCC2)c2oc(C)cc(=O)c2O)cc1O. The van der Waals surface area contributed by atoms with E-state index in [1.165, 1.54) is 19.2 Å². The average molecular weight is 389 g/mol. The van der Waals surface area contributed by atoms with Gasteiger partial charge in [0.1, 0.15) is 5.76 Å². The Labute approximate surface area is 161 Å². The minimum atomic E-state index is -0.750. The maximum atomic E-state index is 12.8. The van der Waals surface area contributed by atoms with Gasteiger partial charge in [0.2, 0.25) is 17.1 Å². The molecule has 1 amide bonds. The molecule has 1 saturated heterocycles. The summed E-state index contributed by atoms with van der Waals surface area (Å²) in [6, 6.07) is 5.85. The molecular weight excluding hydrogens is 366 g/mol. The van der Waals surface area contributed by atoms with Crippen LogP contribution < -0.4 is 10.2 Å². The van der Waals surface area contributed by atoms with E-state index in [-0.39, 0.29) is 29.6 Å². The molecule has 28 heavy (non-hydrogen) atoms. The molecule has 0 spiro atoms. The first-order valence-electron chi connectivity index (χ1n) is 8.96. The largest absolute Gasteiger partial charge is 0.504 e. The topological polar surface area (TPSA) is 109 Å². The number of hydrogen-bond donors (Lipinski definition) is 2. The molecule has 1 unspecified atom stereocenters. The van der Waals surface area contributed by atoms with Crippen LogP contribution in [0.4, 0.5) is 0 Å². The lowest BCUT2D eigenvalue weighted by atomic mass is 9.91. The molecule has 0 radical (unpaired) electrons. The van der Waals surface area contributed by atoms with Gasteiger partial charge in [0.05, 0.1) is 26.2 Å². The highest BCUT2D eigenvalue weighted by atomic mass is 16.5. The van der Waals surface area contributed by atoms with E-state index in [1.54, 1.807) is 24.0 Å². The Bertz CT molecular complexity index is 915. The summed E-state index contributed by atoms with van der Waals surface area (Å²) in [6.07, 6.45) is -0.0360. The number of carbonyl (C=O) groups is 1. The fraction of sp³-hybridized carbons (Fsp3) is 0.400. The van der Waals surface area contributed by atoms with Gasteiger partial charge in [-0.25, -0.2) is 0 Å². The minimum absolute atomic E-state index is 0.00354. The Kier molecular flexibility index (Phi) is 5.89. The summed E-state index contributed by atoms with van der Waals surface area (Å²) in [5.41, 5.74) is -0.0655. The predicted octanol–water partition coefficient (Wildman–Crippen LogP) is 1.75. The third-order valence-corrected chi connectivity index (χ3v) is 4.74. The molecule has 8 nitrogen and oxygen atoms in total. The van der Waals surface area contributed by atoms with Crippen molar-refractivity contribution in [3.63, 3.8) is 0 Å². The number of carbonyl (C=O) groups excluding carboxylic acids is 1. The second-order valence-corrected chi connectivity index (χ2v) is 6.62. The van der Waals surface area contributed by atoms with Gasteiger partial charge >= 0.3 is 0 Å². The normalized spacial score (nSPS) is 15.3. The summed E-state index contributed by atoms with van der Waals surface area (Å²) in [4.78, 5) is 26.6. The number of aromatic hydroxyl groups is 2. The van der Waals surface area contributed by atoms with E-state index < -0.39 is 17.1 Å². The summed E-state index contributed by atoms with van der Waals surface area (Å²) in [7, 11) is 1.43. The van der Waals surface area contributed by atoms with Gasteiger partial charge in [0.25, 0.3) is 0 Å². The molecule has 0 aliphatic carbocycles. The molecule has 2 aromatic rings. The lowest BCUT2D eigenvalue weighted by Gasteiger charge is -2.28. The number of ether oxygens (including phenoxy) is 2. The van der Waals surface area contributed by atoms with Crippen LogP contribution in [0.25, 0.3) is 0 Å². The molecule has 1 fully saturated rings. The van der Waals surface area contributed by atoms with Crippen molar-refractivity contribution in [1.29, 1.82) is 0 Å². The lowest BCUT2D eigenvalue weighted by molar-refractivity contribution is -0.135. The zero-order valence-corrected chi connectivity index (χ0v) is 15.8. The average Bonchev–Trinajstić information content (AvgIpc) is 2.69. The van der Waals surface area contributed by atoms with Gasteiger partial charge < -0.3 is 29.0 Å². The van der Waals surface area contributed by atoms with E-state index in [1.807, 2.05) is 0 Å². The Balaban J connectivity index is 2.02. The van der Waals surface area contributed by atoms with Gasteiger partial charge in [-0.2, -0.15) is 0 Å². The van der Waals surface area contributed by atoms with Gasteiger partial charge in [-0.1, -0.05) is 6.07 Å². The molecule has 1 aromatic heterocycles. The quantitative estimate of drug-likeness (QED) is 0.802. The summed E-state index contributed by atoms with van der Waals surface area (Å²) in [5, 5.41) is 20.5. The number of phenolic OH excluding ortho intramolecular Hbond substituents is 1. The van der Waals surface area contributed by atoms with E-state index in [4.69, 9.17) is 13.9 Å². The van der Waals surface area contributed by atoms with Crippen molar-refractivity contribution in [3.8, 4) is 17.2 Å². The second kappa shape index (κ2) is 8.35. The number of hydrogen-bond acceptors (Lipinski definition) is 7. The Morgan fingerprint density at radius 3 is 2.61 bits per heavy atom. The van der Waals surface area contributed by atoms with Gasteiger partial charge in [0, 0.05) is 25.6 Å². The maximum Gasteiger partial charge on any atom is 0.227 e. The van der Waals surface area contributed by atoms with E-state index in [9.17, 15) is 19.8 Å². The van der Waals surface area contributed by atoms with Crippen molar-refractivity contribution in [1.82, 2.24) is 4.90 Å². The Hall–Kier alpha value is -3.00. The molecule has 1 atom stereocenters. The number of morpholine rings is 1. The molecule has 0 saturated carbocycles. The number of benzene rings is 1. The number of methoxy groups -OCH3 is 1. The van der Waals surface area contributed by atoms with Crippen molar-refractivity contribution in [2.24, 2.45) is 0 Å². The first kappa shape index (κ1) is 19.8. The number of rotatable bonds is 5. The van der Waals surface area contributed by atoms with Crippen LogP contribution in [0.5, 0.6) is 17.2 Å². The molecule has 1 aromatic carbocycles. The van der Waals surface area contributed by atoms with E-state index >= 15 is 0 Å². The van der Waals surface area contributed by atoms with Crippen molar-refractivity contribution in [2.45, 2.75) is 19.3 Å². The first-order valence-corrected chi connectivity index (χ1v) is 8.96. The van der Waals surface area contributed by atoms with Crippen LogP contribution in [0, 0.1) is 6.92 Å². The maximum absolute atomic E-state index is 12.8. The van der Waals surface area contributed by atoms with Gasteiger partial charge in [-0.15, -0.1) is 0 Å². The molecular formula is C20H23NO7. The molecule has 150 valence electrons. The molecule has 8 heteroatoms. The molecule has 1 aliphatic rings. The summed E-state index contributed by atoms with van der Waals surface area (Å²) >= 11 is 0. The minimum Gasteiger partial charge on any atom is -0.504 e. The molecule has 3 rings (SSSR count). The van der Waals surface area contributed by atoms with Gasteiger partial charge in [0.15, 0.2) is 17.3 Å². The van der Waals surface area contributed by atoms with Gasteiger partial charge in [-0.3, -0.25) is 9.59 Å². The fourth-order valence-electron chi connectivity index (χ4n) is 3.26. The van der Waals surface area contributed by atoms with Crippen molar-refractivity contribution >= 4 is 5.91 Å². The fourth-order valence-corrected chi connectivity index (χ4v) is 3.26. The van der Waals surface area contributed by atoms with Crippen LogP contribution >= 0.6 is 0 Å². The molecule has 1 aliphatic heterocycles. The molecule has 2 heterocycles. The summed E-state index contributed by atoms with van der Waals surface area (Å²) in [5.74, 6) is -0.974. The molecule has 0 bridgehead atoms. The zero-order chi connectivity index (χ0) is 20.3. The van der Waals surface area contributed by atoms with Crippen LogP contribution in [0.2, 0.25) is 0 Å². The molecule has 2 N–H and O–H groups in total. The Morgan fingerprint density at radius 2 is 1.96 bits per heavy atom. The number of nitrogens with zero attached hydrogens (tertiary/aromatic N) is 1. The predicted molar refractivity (Wildman–Crippen MR) is 99.9 cm³/mol. The number of phenols is 1. The van der Waals surface area contributed by atoms with Crippen molar-refractivity contribution in [2.75, 3.05) is 33.4 Å². The highest BCUT2D eigenvalue weighted by molar-refractivity contribution is 5.78. The first-order chi connectivity index (χ1) is 13.4. The van der Waals surface area contributed by atoms with Crippen LogP contribution in [0.3, 0.4) is 0 Å². The third-order valence-electron chi connectivity index (χ3n) is 4.74. The van der Waals surface area contributed by atoms with Gasteiger partial charge in [-0.05, 0) is 24.6 Å². The smallest absolute Gasteiger partial charge is 0.227 e. The zero-order valence-electron chi connectivity index (χ0n) is 15.8. The van der Waals surface area contributed by atoms with E-state index in [2.05, 4.69) is 0 Å². The number of aryl methyl sites for hydroxylation is 1. The highest BCUT2D eigenvalue weighted by Gasteiger charge is 2.29. The second-order valence-electron chi connectivity index (χ2n) is 6.62. The highest BCUT2D eigenvalue weighted by Crippen LogP contribution is 2.37. The monoisotopic (exact) mass is 389 g/mol. The Morgan fingerprint density at radius 1 is 1.25 bits per heavy atom. The van der Waals surface area contributed by atoms with Crippen molar-refractivity contribution < 1.29 is 28.9 Å². The van der Waals surface area contributed by atoms with Crippen molar-refractivity contribution in [3.05, 3.63) is 51.6 Å². The van der Waals surface area contributed by atoms with Crippen LogP contribution in [-0.2, 0) is 9.53 Å². The van der Waals surface area contributed by atoms with E-state index in [0.29, 0.717) is 37.6 Å². The standard InChI is InChI=1S/C20H23NO7/c1-12-9-16(23)19(25)20(28-12)14(11-18(24)21-5-7-27-8-6-21)13-3-4-17(26-2)15(22)10-13/h3-4,9-10,14,22,25H,5-8,11H2,1-2H3. The lowest BCUT2D eigenvalue weighted by Crippen LogP contribution is -2.41. The third kappa shape index (κ3) is 4.12. The van der Waals surface area contributed by atoms with E-state index in [0.717, 1.165) is 0 Å². The summed E-state index contributed by atoms with van der Waals surface area (Å²) in [6.45, 7) is 3.47. The van der Waals surface area contributed by atoms with Crippen LogP contribution in [-0.4, -0.2) is 54.4 Å².